The summed E-state index contributed by atoms with van der Waals surface area (Å²) < 4.78 is 46.6. The zero-order valence-corrected chi connectivity index (χ0v) is 15.2. The van der Waals surface area contributed by atoms with Crippen LogP contribution >= 0.6 is 0 Å². The van der Waals surface area contributed by atoms with Gasteiger partial charge in [0.15, 0.2) is 12.2 Å². The molecule has 0 spiro atoms. The van der Waals surface area contributed by atoms with E-state index >= 15 is 0 Å². The maximum atomic E-state index is 13.4. The Labute approximate surface area is 163 Å². The number of oxazole rings is 1. The Morgan fingerprint density at radius 3 is 2.62 bits per heavy atom. The molecule has 0 bridgehead atoms. The molecule has 0 aliphatic carbocycles. The molecule has 148 valence electrons. The number of benzene rings is 1. The van der Waals surface area contributed by atoms with Gasteiger partial charge in [-0.25, -0.2) is 9.97 Å². The number of carbonyl (C=O) groups excluding carboxylic acids is 1. The highest BCUT2D eigenvalue weighted by Crippen LogP contribution is 2.34. The SMILES string of the molecule is CN(Cc1ccccc1)C(=O)c1cnc2c(-c3cnco3)cc(C(F)(F)F)cn12. The van der Waals surface area contributed by atoms with E-state index in [9.17, 15) is 18.0 Å². The van der Waals surface area contributed by atoms with Crippen LogP contribution in [0.1, 0.15) is 21.6 Å². The summed E-state index contributed by atoms with van der Waals surface area (Å²) >= 11 is 0. The molecule has 0 fully saturated rings. The molecule has 0 unspecified atom stereocenters. The molecule has 0 atom stereocenters. The molecule has 0 aliphatic rings. The molecule has 0 saturated heterocycles. The molecule has 4 aromatic rings. The van der Waals surface area contributed by atoms with E-state index < -0.39 is 17.6 Å². The van der Waals surface area contributed by atoms with Gasteiger partial charge in [0.25, 0.3) is 5.91 Å². The minimum absolute atomic E-state index is 0.0188. The van der Waals surface area contributed by atoms with Crippen LogP contribution in [0.4, 0.5) is 13.2 Å². The molecule has 0 radical (unpaired) electrons. The highest BCUT2D eigenvalue weighted by atomic mass is 19.4. The molecule has 6 nitrogen and oxygen atoms in total. The second-order valence-electron chi connectivity index (χ2n) is 6.49. The summed E-state index contributed by atoms with van der Waals surface area (Å²) in [5.41, 5.74) is 0.267. The summed E-state index contributed by atoms with van der Waals surface area (Å²) in [6, 6.07) is 10.2. The predicted molar refractivity (Wildman–Crippen MR) is 97.9 cm³/mol. The third-order valence-corrected chi connectivity index (χ3v) is 4.46. The summed E-state index contributed by atoms with van der Waals surface area (Å²) in [5, 5.41) is 0. The van der Waals surface area contributed by atoms with Crippen LogP contribution in [0.2, 0.25) is 0 Å². The number of aromatic nitrogens is 3. The van der Waals surface area contributed by atoms with Crippen molar-refractivity contribution in [2.75, 3.05) is 7.05 Å². The lowest BCUT2D eigenvalue weighted by atomic mass is 10.1. The molecule has 0 saturated carbocycles. The minimum atomic E-state index is -4.61. The van der Waals surface area contributed by atoms with E-state index in [1.807, 2.05) is 30.3 Å². The number of imidazole rings is 1. The van der Waals surface area contributed by atoms with E-state index in [0.29, 0.717) is 6.54 Å². The molecule has 3 aromatic heterocycles. The van der Waals surface area contributed by atoms with Crippen LogP contribution in [0, 0.1) is 0 Å². The van der Waals surface area contributed by atoms with Gasteiger partial charge in [-0.05, 0) is 11.6 Å². The van der Waals surface area contributed by atoms with Gasteiger partial charge in [0.2, 0.25) is 0 Å². The number of hydrogen-bond donors (Lipinski definition) is 0. The average Bonchev–Trinajstić information content (AvgIpc) is 3.36. The first kappa shape index (κ1) is 18.7. The number of halogens is 3. The number of nitrogens with zero attached hydrogens (tertiary/aromatic N) is 4. The standard InChI is InChI=1S/C20H15F3N4O2/c1-26(10-13-5-3-2-4-6-13)19(28)16-8-25-18-15(17-9-24-12-29-17)7-14(11-27(16)18)20(21,22)23/h2-9,11-12H,10H2,1H3. The van der Waals surface area contributed by atoms with E-state index in [2.05, 4.69) is 9.97 Å². The maximum absolute atomic E-state index is 13.4. The van der Waals surface area contributed by atoms with Crippen molar-refractivity contribution in [2.45, 2.75) is 12.7 Å². The molecule has 3 heterocycles. The molecule has 9 heteroatoms. The Kier molecular flexibility index (Phi) is 4.57. The highest BCUT2D eigenvalue weighted by Gasteiger charge is 2.33. The Morgan fingerprint density at radius 1 is 1.21 bits per heavy atom. The largest absolute Gasteiger partial charge is 0.443 e. The van der Waals surface area contributed by atoms with Crippen LogP contribution in [-0.4, -0.2) is 32.2 Å². The summed E-state index contributed by atoms with van der Waals surface area (Å²) in [4.78, 5) is 22.3. The summed E-state index contributed by atoms with van der Waals surface area (Å²) in [6.45, 7) is 0.306. The fourth-order valence-corrected chi connectivity index (χ4v) is 3.06. The van der Waals surface area contributed by atoms with Gasteiger partial charge in [0.05, 0.1) is 23.5 Å². The first-order valence-corrected chi connectivity index (χ1v) is 8.61. The smallest absolute Gasteiger partial charge is 0.417 e. The van der Waals surface area contributed by atoms with Crippen LogP contribution < -0.4 is 0 Å². The molecule has 1 amide bonds. The van der Waals surface area contributed by atoms with E-state index in [4.69, 9.17) is 4.42 Å². The van der Waals surface area contributed by atoms with Gasteiger partial charge in [-0.1, -0.05) is 30.3 Å². The van der Waals surface area contributed by atoms with Gasteiger partial charge in [-0.2, -0.15) is 13.2 Å². The van der Waals surface area contributed by atoms with Crippen LogP contribution in [0.3, 0.4) is 0 Å². The van der Waals surface area contributed by atoms with E-state index in [-0.39, 0.29) is 22.7 Å². The minimum Gasteiger partial charge on any atom is -0.443 e. The molecule has 1 aromatic carbocycles. The van der Waals surface area contributed by atoms with Crippen molar-refractivity contribution in [1.82, 2.24) is 19.3 Å². The number of fused-ring (bicyclic) bond motifs is 1. The van der Waals surface area contributed by atoms with Gasteiger partial charge in [-0.3, -0.25) is 9.20 Å². The van der Waals surface area contributed by atoms with Crippen molar-refractivity contribution < 1.29 is 22.4 Å². The Bertz CT molecular complexity index is 1150. The van der Waals surface area contributed by atoms with E-state index in [0.717, 1.165) is 28.6 Å². The maximum Gasteiger partial charge on any atom is 0.417 e. The summed E-state index contributed by atoms with van der Waals surface area (Å²) in [5.74, 6) is -0.326. The Hall–Kier alpha value is -3.62. The second-order valence-corrected chi connectivity index (χ2v) is 6.49. The lowest BCUT2D eigenvalue weighted by Crippen LogP contribution is -2.27. The van der Waals surface area contributed by atoms with Crippen LogP contribution in [-0.2, 0) is 12.7 Å². The quantitative estimate of drug-likeness (QED) is 0.513. The second kappa shape index (κ2) is 7.08. The van der Waals surface area contributed by atoms with Crippen molar-refractivity contribution in [1.29, 1.82) is 0 Å². The highest BCUT2D eigenvalue weighted by molar-refractivity contribution is 5.94. The average molecular weight is 400 g/mol. The van der Waals surface area contributed by atoms with E-state index in [1.54, 1.807) is 7.05 Å². The zero-order chi connectivity index (χ0) is 20.6. The monoisotopic (exact) mass is 400 g/mol. The lowest BCUT2D eigenvalue weighted by molar-refractivity contribution is -0.137. The number of carbonyl (C=O) groups is 1. The number of alkyl halides is 3. The number of amides is 1. The molecule has 4 rings (SSSR count). The fourth-order valence-electron chi connectivity index (χ4n) is 3.06. The van der Waals surface area contributed by atoms with Crippen molar-refractivity contribution in [3.8, 4) is 11.3 Å². The van der Waals surface area contributed by atoms with Crippen LogP contribution in [0.5, 0.6) is 0 Å². The lowest BCUT2D eigenvalue weighted by Gasteiger charge is -2.17. The molecule has 0 N–H and O–H groups in total. The predicted octanol–water partition coefficient (Wildman–Crippen LogP) is 4.28. The fraction of sp³-hybridized carbons (Fsp3) is 0.150. The van der Waals surface area contributed by atoms with Crippen LogP contribution in [0.15, 0.2) is 65.8 Å². The first-order chi connectivity index (χ1) is 13.8. The van der Waals surface area contributed by atoms with Crippen LogP contribution in [0.25, 0.3) is 17.0 Å². The van der Waals surface area contributed by atoms with Crippen molar-refractivity contribution in [3.05, 3.63) is 78.2 Å². The third-order valence-electron chi connectivity index (χ3n) is 4.46. The summed E-state index contributed by atoms with van der Waals surface area (Å²) in [7, 11) is 1.58. The van der Waals surface area contributed by atoms with Gasteiger partial charge >= 0.3 is 6.18 Å². The molecule has 29 heavy (non-hydrogen) atoms. The zero-order valence-electron chi connectivity index (χ0n) is 15.2. The number of pyridine rings is 1. The molecule has 0 aliphatic heterocycles. The first-order valence-electron chi connectivity index (χ1n) is 8.61. The molecular weight excluding hydrogens is 385 g/mol. The number of hydrogen-bond acceptors (Lipinski definition) is 4. The van der Waals surface area contributed by atoms with Gasteiger partial charge in [0, 0.05) is 19.8 Å². The van der Waals surface area contributed by atoms with E-state index in [1.165, 1.54) is 17.3 Å². The van der Waals surface area contributed by atoms with Gasteiger partial charge < -0.3 is 9.32 Å². The normalized spacial score (nSPS) is 11.7. The van der Waals surface area contributed by atoms with Gasteiger partial charge in [0.1, 0.15) is 11.3 Å². The summed E-state index contributed by atoms with van der Waals surface area (Å²) in [6.07, 6.45) is -0.0591. The molecular formula is C20H15F3N4O2. The van der Waals surface area contributed by atoms with Crippen molar-refractivity contribution >= 4 is 11.6 Å². The Morgan fingerprint density at radius 2 is 1.97 bits per heavy atom. The van der Waals surface area contributed by atoms with Gasteiger partial charge in [-0.15, -0.1) is 0 Å². The van der Waals surface area contributed by atoms with Crippen molar-refractivity contribution in [2.24, 2.45) is 0 Å². The topological polar surface area (TPSA) is 63.6 Å². The number of rotatable bonds is 4. The Balaban J connectivity index is 1.79. The van der Waals surface area contributed by atoms with Crippen molar-refractivity contribution in [3.63, 3.8) is 0 Å². The third kappa shape index (κ3) is 3.58.